The van der Waals surface area contributed by atoms with Crippen molar-refractivity contribution in [2.45, 2.75) is 32.8 Å². The molecule has 0 atom stereocenters. The molecule has 1 aromatic heterocycles. The third-order valence-corrected chi connectivity index (χ3v) is 2.44. The van der Waals surface area contributed by atoms with Gasteiger partial charge in [-0.05, 0) is 26.7 Å². The largest absolute Gasteiger partial charge is 0.388 e. The van der Waals surface area contributed by atoms with Gasteiger partial charge in [-0.15, -0.1) is 0 Å². The van der Waals surface area contributed by atoms with Crippen molar-refractivity contribution in [1.29, 1.82) is 0 Å². The number of nitrogens with zero attached hydrogens (tertiary/aromatic N) is 2. The number of rotatable bonds is 8. The maximum atomic E-state index is 5.57. The van der Waals surface area contributed by atoms with E-state index in [0.29, 0.717) is 17.6 Å². The van der Waals surface area contributed by atoms with Crippen LogP contribution >= 0.6 is 12.2 Å². The Kier molecular flexibility index (Phi) is 6.53. The normalized spacial score (nSPS) is 10.6. The van der Waals surface area contributed by atoms with E-state index in [2.05, 4.69) is 15.3 Å². The fourth-order valence-corrected chi connectivity index (χ4v) is 1.55. The fraction of sp³-hybridized carbons (Fsp3) is 0.583. The number of nitrogens with two attached hydrogens (primary N) is 1. The van der Waals surface area contributed by atoms with Crippen molar-refractivity contribution in [3.63, 3.8) is 0 Å². The Bertz CT molecular complexity index is 384. The van der Waals surface area contributed by atoms with Gasteiger partial charge in [-0.1, -0.05) is 12.2 Å². The first-order valence-electron chi connectivity index (χ1n) is 6.07. The molecule has 1 heterocycles. The number of unbranched alkanes of at least 4 members (excludes halogenated alkanes) is 1. The van der Waals surface area contributed by atoms with Crippen LogP contribution in [0.15, 0.2) is 12.4 Å². The molecule has 1 aromatic rings. The number of anilines is 1. The molecular weight excluding hydrogens is 248 g/mol. The van der Waals surface area contributed by atoms with Crippen LogP contribution in [0.5, 0.6) is 0 Å². The summed E-state index contributed by atoms with van der Waals surface area (Å²) in [5.74, 6) is 0.648. The van der Waals surface area contributed by atoms with E-state index in [1.54, 1.807) is 12.4 Å². The summed E-state index contributed by atoms with van der Waals surface area (Å²) >= 11 is 4.91. The van der Waals surface area contributed by atoms with Gasteiger partial charge in [-0.3, -0.25) is 0 Å². The SMILES string of the molecule is CC(C)OCCCCNc1nccnc1C(N)=S. The van der Waals surface area contributed by atoms with E-state index in [4.69, 9.17) is 22.7 Å². The Balaban J connectivity index is 2.29. The monoisotopic (exact) mass is 268 g/mol. The topological polar surface area (TPSA) is 73.1 Å². The maximum absolute atomic E-state index is 5.57. The van der Waals surface area contributed by atoms with E-state index in [1.165, 1.54) is 0 Å². The number of thiocarbonyl (C=S) groups is 1. The number of nitrogens with one attached hydrogen (secondary N) is 1. The highest BCUT2D eigenvalue weighted by Gasteiger charge is 2.06. The zero-order valence-corrected chi connectivity index (χ0v) is 11.7. The van der Waals surface area contributed by atoms with Gasteiger partial charge < -0.3 is 15.8 Å². The van der Waals surface area contributed by atoms with Crippen molar-refractivity contribution >= 4 is 23.0 Å². The van der Waals surface area contributed by atoms with E-state index in [-0.39, 0.29) is 4.99 Å². The van der Waals surface area contributed by atoms with E-state index >= 15 is 0 Å². The molecule has 5 nitrogen and oxygen atoms in total. The summed E-state index contributed by atoms with van der Waals surface area (Å²) in [5, 5.41) is 3.19. The fourth-order valence-electron chi connectivity index (χ4n) is 1.40. The Morgan fingerprint density at radius 3 is 2.78 bits per heavy atom. The van der Waals surface area contributed by atoms with Crippen molar-refractivity contribution in [2.24, 2.45) is 5.73 Å². The average Bonchev–Trinajstić information content (AvgIpc) is 2.33. The lowest BCUT2D eigenvalue weighted by Crippen LogP contribution is -2.17. The smallest absolute Gasteiger partial charge is 0.155 e. The van der Waals surface area contributed by atoms with Crippen molar-refractivity contribution in [1.82, 2.24) is 9.97 Å². The quantitative estimate of drug-likeness (QED) is 0.552. The van der Waals surface area contributed by atoms with Crippen LogP contribution in [0.25, 0.3) is 0 Å². The molecular formula is C12H20N4OS. The number of hydrogen-bond acceptors (Lipinski definition) is 5. The van der Waals surface area contributed by atoms with Crippen molar-refractivity contribution in [2.75, 3.05) is 18.5 Å². The van der Waals surface area contributed by atoms with Gasteiger partial charge in [0.05, 0.1) is 6.10 Å². The highest BCUT2D eigenvalue weighted by atomic mass is 32.1. The van der Waals surface area contributed by atoms with Crippen molar-refractivity contribution in [3.05, 3.63) is 18.1 Å². The lowest BCUT2D eigenvalue weighted by Gasteiger charge is -2.09. The van der Waals surface area contributed by atoms with E-state index < -0.39 is 0 Å². The van der Waals surface area contributed by atoms with Gasteiger partial charge in [0, 0.05) is 25.5 Å². The van der Waals surface area contributed by atoms with Gasteiger partial charge in [0.15, 0.2) is 5.82 Å². The molecule has 0 radical (unpaired) electrons. The zero-order chi connectivity index (χ0) is 13.4. The highest BCUT2D eigenvalue weighted by molar-refractivity contribution is 7.80. The average molecular weight is 268 g/mol. The number of ether oxygens (including phenoxy) is 1. The van der Waals surface area contributed by atoms with Gasteiger partial charge in [-0.2, -0.15) is 0 Å². The predicted octanol–water partition coefficient (Wildman–Crippen LogP) is 1.73. The van der Waals surface area contributed by atoms with Crippen LogP contribution in [0.3, 0.4) is 0 Å². The summed E-state index contributed by atoms with van der Waals surface area (Å²) in [6.07, 6.45) is 5.50. The van der Waals surface area contributed by atoms with Crippen LogP contribution in [-0.2, 0) is 4.74 Å². The molecule has 0 aromatic carbocycles. The summed E-state index contributed by atoms with van der Waals surface area (Å²) in [7, 11) is 0. The molecule has 18 heavy (non-hydrogen) atoms. The second kappa shape index (κ2) is 7.94. The van der Waals surface area contributed by atoms with Crippen LogP contribution in [0.1, 0.15) is 32.4 Å². The summed E-state index contributed by atoms with van der Waals surface area (Å²) in [5.41, 5.74) is 6.12. The zero-order valence-electron chi connectivity index (χ0n) is 10.8. The third kappa shape index (κ3) is 5.37. The van der Waals surface area contributed by atoms with Crippen molar-refractivity contribution < 1.29 is 4.74 Å². The standard InChI is InChI=1S/C12H20N4OS/c1-9(2)17-8-4-3-5-15-12-10(11(13)18)14-6-7-16-12/h6-7,9H,3-5,8H2,1-2H3,(H2,13,18)(H,15,16). The van der Waals surface area contributed by atoms with E-state index in [1.807, 2.05) is 13.8 Å². The summed E-state index contributed by atoms with van der Waals surface area (Å²) in [6.45, 7) is 5.65. The molecule has 0 amide bonds. The Hall–Kier alpha value is -1.27. The second-order valence-electron chi connectivity index (χ2n) is 4.17. The minimum atomic E-state index is 0.258. The minimum absolute atomic E-state index is 0.258. The maximum Gasteiger partial charge on any atom is 0.155 e. The first-order valence-corrected chi connectivity index (χ1v) is 6.48. The third-order valence-electron chi connectivity index (χ3n) is 2.25. The molecule has 1 rings (SSSR count). The molecule has 0 aliphatic rings. The van der Waals surface area contributed by atoms with Crippen LogP contribution in [-0.4, -0.2) is 34.2 Å². The van der Waals surface area contributed by atoms with Crippen LogP contribution in [0, 0.1) is 0 Å². The second-order valence-corrected chi connectivity index (χ2v) is 4.61. The first kappa shape index (κ1) is 14.8. The molecule has 0 unspecified atom stereocenters. The number of aromatic nitrogens is 2. The Labute approximate surface area is 113 Å². The molecule has 0 spiro atoms. The van der Waals surface area contributed by atoms with Crippen molar-refractivity contribution in [3.8, 4) is 0 Å². The van der Waals surface area contributed by atoms with Gasteiger partial charge in [0.2, 0.25) is 0 Å². The molecule has 0 aliphatic carbocycles. The van der Waals surface area contributed by atoms with Crippen LogP contribution < -0.4 is 11.1 Å². The minimum Gasteiger partial charge on any atom is -0.388 e. The molecule has 6 heteroatoms. The highest BCUT2D eigenvalue weighted by Crippen LogP contribution is 2.08. The summed E-state index contributed by atoms with van der Waals surface area (Å²) in [6, 6.07) is 0. The Morgan fingerprint density at radius 1 is 1.39 bits per heavy atom. The summed E-state index contributed by atoms with van der Waals surface area (Å²) < 4.78 is 5.46. The molecule has 0 aliphatic heterocycles. The molecule has 0 saturated carbocycles. The van der Waals surface area contributed by atoms with E-state index in [0.717, 1.165) is 26.0 Å². The number of hydrogen-bond donors (Lipinski definition) is 2. The molecule has 0 bridgehead atoms. The van der Waals surface area contributed by atoms with E-state index in [9.17, 15) is 0 Å². The van der Waals surface area contributed by atoms with Gasteiger partial charge in [0.1, 0.15) is 10.7 Å². The van der Waals surface area contributed by atoms with Gasteiger partial charge >= 0.3 is 0 Å². The van der Waals surface area contributed by atoms with Gasteiger partial charge in [0.25, 0.3) is 0 Å². The first-order chi connectivity index (χ1) is 8.61. The lowest BCUT2D eigenvalue weighted by molar-refractivity contribution is 0.0765. The molecule has 0 fully saturated rings. The Morgan fingerprint density at radius 2 is 2.11 bits per heavy atom. The van der Waals surface area contributed by atoms with Gasteiger partial charge in [-0.25, -0.2) is 9.97 Å². The lowest BCUT2D eigenvalue weighted by atomic mass is 10.3. The van der Waals surface area contributed by atoms with Crippen LogP contribution in [0.2, 0.25) is 0 Å². The molecule has 100 valence electrons. The molecule has 3 N–H and O–H groups in total. The predicted molar refractivity (Wildman–Crippen MR) is 76.7 cm³/mol. The molecule has 0 saturated heterocycles. The van der Waals surface area contributed by atoms with Crippen LogP contribution in [0.4, 0.5) is 5.82 Å². The summed E-state index contributed by atoms with van der Waals surface area (Å²) in [4.78, 5) is 8.53.